The van der Waals surface area contributed by atoms with E-state index < -0.39 is 0 Å². The number of fused-ring (bicyclic) bond motifs is 1. The van der Waals surface area contributed by atoms with Crippen molar-refractivity contribution in [2.45, 2.75) is 0 Å². The molecule has 5 heteroatoms. The van der Waals surface area contributed by atoms with Crippen molar-refractivity contribution in [2.24, 2.45) is 4.99 Å². The topological polar surface area (TPSA) is 59.9 Å². The second-order valence-electron chi connectivity index (χ2n) is 5.21. The average molecular weight is 306 g/mol. The lowest BCUT2D eigenvalue weighted by Crippen LogP contribution is -2.24. The van der Waals surface area contributed by atoms with Gasteiger partial charge in [-0.25, -0.2) is 4.99 Å². The largest absolute Gasteiger partial charge is 0.486 e. The van der Waals surface area contributed by atoms with Gasteiger partial charge < -0.3 is 14.8 Å². The average Bonchev–Trinajstić information content (AvgIpc) is 2.96. The van der Waals surface area contributed by atoms with Gasteiger partial charge in [-0.2, -0.15) is 0 Å². The number of aliphatic imine (C=N–C) groups is 1. The summed E-state index contributed by atoms with van der Waals surface area (Å²) in [6.07, 6.45) is 1.74. The summed E-state index contributed by atoms with van der Waals surface area (Å²) in [6, 6.07) is 15.1. The van der Waals surface area contributed by atoms with Crippen LogP contribution in [0.15, 0.2) is 59.2 Å². The number of amidine groups is 1. The number of amides is 1. The molecule has 0 spiro atoms. The van der Waals surface area contributed by atoms with Gasteiger partial charge in [0, 0.05) is 5.56 Å². The Kier molecular flexibility index (Phi) is 3.31. The predicted octanol–water partition coefficient (Wildman–Crippen LogP) is 2.38. The van der Waals surface area contributed by atoms with Crippen LogP contribution < -0.4 is 14.8 Å². The number of ether oxygens (including phenoxy) is 2. The minimum atomic E-state index is -0.209. The van der Waals surface area contributed by atoms with E-state index in [2.05, 4.69) is 10.3 Å². The van der Waals surface area contributed by atoms with Crippen molar-refractivity contribution in [3.05, 3.63) is 65.4 Å². The van der Waals surface area contributed by atoms with Crippen LogP contribution in [0.25, 0.3) is 6.08 Å². The van der Waals surface area contributed by atoms with Gasteiger partial charge in [-0.05, 0) is 23.8 Å². The lowest BCUT2D eigenvalue weighted by molar-refractivity contribution is -0.115. The van der Waals surface area contributed by atoms with E-state index in [4.69, 9.17) is 9.47 Å². The smallest absolute Gasteiger partial charge is 0.275 e. The Hall–Kier alpha value is -3.08. The first-order valence-corrected chi connectivity index (χ1v) is 7.36. The van der Waals surface area contributed by atoms with Crippen LogP contribution in [0.1, 0.15) is 11.1 Å². The molecule has 5 nitrogen and oxygen atoms in total. The van der Waals surface area contributed by atoms with Crippen molar-refractivity contribution in [2.75, 3.05) is 13.2 Å². The molecule has 2 aliphatic rings. The third-order valence-electron chi connectivity index (χ3n) is 3.61. The van der Waals surface area contributed by atoms with Crippen LogP contribution in [-0.2, 0) is 4.79 Å². The molecule has 1 amide bonds. The first kappa shape index (κ1) is 13.6. The molecule has 0 unspecified atom stereocenters. The van der Waals surface area contributed by atoms with Gasteiger partial charge in [0.2, 0.25) is 0 Å². The second kappa shape index (κ2) is 5.61. The number of nitrogens with zero attached hydrogens (tertiary/aromatic N) is 1. The quantitative estimate of drug-likeness (QED) is 0.867. The molecule has 2 heterocycles. The molecule has 2 aromatic rings. The number of hydrogen-bond donors (Lipinski definition) is 1. The molecule has 0 aliphatic carbocycles. The molecule has 0 bridgehead atoms. The van der Waals surface area contributed by atoms with Crippen molar-refractivity contribution in [1.29, 1.82) is 0 Å². The van der Waals surface area contributed by atoms with Gasteiger partial charge in [0.05, 0.1) is 0 Å². The lowest BCUT2D eigenvalue weighted by atomic mass is 10.1. The third kappa shape index (κ3) is 2.68. The SMILES string of the molecule is O=C1NC(c2ccccc2)=N/C1=C/c1ccc2c(c1)OCCO2. The summed E-state index contributed by atoms with van der Waals surface area (Å²) in [4.78, 5) is 16.5. The van der Waals surface area contributed by atoms with Crippen LogP contribution in [0.4, 0.5) is 0 Å². The number of hydrogen-bond acceptors (Lipinski definition) is 4. The van der Waals surface area contributed by atoms with Gasteiger partial charge in [0.1, 0.15) is 24.7 Å². The summed E-state index contributed by atoms with van der Waals surface area (Å²) < 4.78 is 11.0. The van der Waals surface area contributed by atoms with Gasteiger partial charge in [0.15, 0.2) is 11.5 Å². The van der Waals surface area contributed by atoms with Gasteiger partial charge in [-0.15, -0.1) is 0 Å². The molecule has 2 aromatic carbocycles. The molecule has 4 rings (SSSR count). The standard InChI is InChI=1S/C18H14N2O3/c21-18-14(19-17(20-18)13-4-2-1-3-5-13)10-12-6-7-15-16(11-12)23-9-8-22-15/h1-7,10-11H,8-9H2,(H,19,20,21)/b14-10+. The highest BCUT2D eigenvalue weighted by molar-refractivity contribution is 6.19. The van der Waals surface area contributed by atoms with Crippen LogP contribution in [0, 0.1) is 0 Å². The Bertz CT molecular complexity index is 825. The zero-order valence-electron chi connectivity index (χ0n) is 12.3. The number of benzene rings is 2. The highest BCUT2D eigenvalue weighted by atomic mass is 16.6. The van der Waals surface area contributed by atoms with Gasteiger partial charge in [0.25, 0.3) is 5.91 Å². The fraction of sp³-hybridized carbons (Fsp3) is 0.111. The normalized spacial score (nSPS) is 17.8. The molecular weight excluding hydrogens is 292 g/mol. The molecule has 114 valence electrons. The van der Waals surface area contributed by atoms with E-state index >= 15 is 0 Å². The maximum Gasteiger partial charge on any atom is 0.275 e. The summed E-state index contributed by atoms with van der Waals surface area (Å²) in [6.45, 7) is 1.09. The Labute approximate surface area is 133 Å². The Morgan fingerprint density at radius 2 is 1.78 bits per heavy atom. The van der Waals surface area contributed by atoms with Crippen LogP contribution >= 0.6 is 0 Å². The van der Waals surface area contributed by atoms with Gasteiger partial charge in [-0.1, -0.05) is 36.4 Å². The van der Waals surface area contributed by atoms with E-state index in [0.29, 0.717) is 30.5 Å². The first-order chi connectivity index (χ1) is 11.3. The number of carbonyl (C=O) groups is 1. The lowest BCUT2D eigenvalue weighted by Gasteiger charge is -2.18. The Morgan fingerprint density at radius 3 is 2.61 bits per heavy atom. The van der Waals surface area contributed by atoms with Crippen molar-refractivity contribution in [3.63, 3.8) is 0 Å². The number of nitrogens with one attached hydrogen (secondary N) is 1. The van der Waals surface area contributed by atoms with Gasteiger partial charge in [-0.3, -0.25) is 4.79 Å². The van der Waals surface area contributed by atoms with Crippen molar-refractivity contribution in [3.8, 4) is 11.5 Å². The maximum absolute atomic E-state index is 12.1. The first-order valence-electron chi connectivity index (χ1n) is 7.36. The summed E-state index contributed by atoms with van der Waals surface area (Å²) in [7, 11) is 0. The minimum Gasteiger partial charge on any atom is -0.486 e. The summed E-state index contributed by atoms with van der Waals surface area (Å²) in [5.41, 5.74) is 2.10. The van der Waals surface area contributed by atoms with Crippen molar-refractivity contribution in [1.82, 2.24) is 5.32 Å². The zero-order chi connectivity index (χ0) is 15.6. The molecule has 0 saturated heterocycles. The molecular formula is C18H14N2O3. The molecule has 0 saturated carbocycles. The fourth-order valence-electron chi connectivity index (χ4n) is 2.51. The van der Waals surface area contributed by atoms with Gasteiger partial charge >= 0.3 is 0 Å². The van der Waals surface area contributed by atoms with Crippen LogP contribution in [0.2, 0.25) is 0 Å². The number of carbonyl (C=O) groups excluding carboxylic acids is 1. The number of rotatable bonds is 2. The monoisotopic (exact) mass is 306 g/mol. The maximum atomic E-state index is 12.1. The van der Waals surface area contributed by atoms with Crippen LogP contribution in [0.5, 0.6) is 11.5 Å². The molecule has 2 aliphatic heterocycles. The summed E-state index contributed by atoms with van der Waals surface area (Å²) >= 11 is 0. The zero-order valence-corrected chi connectivity index (χ0v) is 12.3. The molecule has 0 aromatic heterocycles. The van der Waals surface area contributed by atoms with E-state index in [1.807, 2.05) is 48.5 Å². The minimum absolute atomic E-state index is 0.209. The van der Waals surface area contributed by atoms with E-state index in [0.717, 1.165) is 16.9 Å². The Morgan fingerprint density at radius 1 is 1.00 bits per heavy atom. The predicted molar refractivity (Wildman–Crippen MR) is 86.5 cm³/mol. The van der Waals surface area contributed by atoms with Crippen LogP contribution in [-0.4, -0.2) is 25.0 Å². The Balaban J connectivity index is 1.66. The molecule has 0 atom stereocenters. The fourth-order valence-corrected chi connectivity index (χ4v) is 2.51. The van der Waals surface area contributed by atoms with E-state index in [1.54, 1.807) is 6.08 Å². The van der Waals surface area contributed by atoms with Crippen LogP contribution in [0.3, 0.4) is 0 Å². The van der Waals surface area contributed by atoms with E-state index in [-0.39, 0.29) is 5.91 Å². The molecule has 0 fully saturated rings. The molecule has 1 N–H and O–H groups in total. The highest BCUT2D eigenvalue weighted by Crippen LogP contribution is 2.31. The highest BCUT2D eigenvalue weighted by Gasteiger charge is 2.21. The summed E-state index contributed by atoms with van der Waals surface area (Å²) in [5, 5.41) is 2.79. The summed E-state index contributed by atoms with van der Waals surface area (Å²) in [5.74, 6) is 1.78. The molecule has 0 radical (unpaired) electrons. The van der Waals surface area contributed by atoms with E-state index in [9.17, 15) is 4.79 Å². The van der Waals surface area contributed by atoms with E-state index in [1.165, 1.54) is 0 Å². The third-order valence-corrected chi connectivity index (χ3v) is 3.61. The second-order valence-corrected chi connectivity index (χ2v) is 5.21. The molecule has 23 heavy (non-hydrogen) atoms. The van der Waals surface area contributed by atoms with Crippen molar-refractivity contribution >= 4 is 17.8 Å². The van der Waals surface area contributed by atoms with Crippen molar-refractivity contribution < 1.29 is 14.3 Å².